The van der Waals surface area contributed by atoms with Gasteiger partial charge in [-0.2, -0.15) is 4.31 Å². The molecule has 0 spiro atoms. The number of benzene rings is 2. The molecule has 150 valence electrons. The van der Waals surface area contributed by atoms with E-state index in [0.717, 1.165) is 12.1 Å². The molecule has 1 heterocycles. The van der Waals surface area contributed by atoms with E-state index in [1.165, 1.54) is 22.5 Å². The van der Waals surface area contributed by atoms with Crippen LogP contribution in [0.4, 0.5) is 8.78 Å². The first kappa shape index (κ1) is 20.4. The van der Waals surface area contributed by atoms with Crippen LogP contribution in [0.15, 0.2) is 53.4 Å². The van der Waals surface area contributed by atoms with Gasteiger partial charge in [-0.05, 0) is 55.2 Å². The third kappa shape index (κ3) is 4.74. The Hall–Kier alpha value is -2.32. The van der Waals surface area contributed by atoms with Gasteiger partial charge < -0.3 is 5.32 Å². The predicted molar refractivity (Wildman–Crippen MR) is 101 cm³/mol. The average Bonchev–Trinajstić information content (AvgIpc) is 2.70. The number of carbonyl (C=O) groups excluding carboxylic acids is 1. The molecule has 1 aliphatic heterocycles. The van der Waals surface area contributed by atoms with E-state index in [9.17, 15) is 22.0 Å². The topological polar surface area (TPSA) is 66.5 Å². The van der Waals surface area contributed by atoms with Gasteiger partial charge in [-0.25, -0.2) is 17.2 Å². The number of amides is 1. The highest BCUT2D eigenvalue weighted by Crippen LogP contribution is 2.24. The maximum Gasteiger partial charge on any atom is 0.243 e. The Kier molecular flexibility index (Phi) is 6.41. The molecule has 0 aliphatic carbocycles. The van der Waals surface area contributed by atoms with Gasteiger partial charge in [0.1, 0.15) is 11.6 Å². The van der Waals surface area contributed by atoms with Gasteiger partial charge in [0, 0.05) is 19.6 Å². The van der Waals surface area contributed by atoms with Crippen molar-refractivity contribution in [2.24, 2.45) is 5.92 Å². The smallest absolute Gasteiger partial charge is 0.243 e. The SMILES string of the molecule is O=C(NCCc1ccccc1F)C1CCCN(S(=O)(=O)c2ccc(F)cc2)C1. The van der Waals surface area contributed by atoms with Gasteiger partial charge in [0.25, 0.3) is 0 Å². The second kappa shape index (κ2) is 8.79. The fourth-order valence-corrected chi connectivity index (χ4v) is 4.82. The number of hydrogen-bond acceptors (Lipinski definition) is 3. The van der Waals surface area contributed by atoms with Crippen LogP contribution in [0.5, 0.6) is 0 Å². The van der Waals surface area contributed by atoms with Crippen LogP contribution in [0.1, 0.15) is 18.4 Å². The Morgan fingerprint density at radius 3 is 2.54 bits per heavy atom. The molecule has 1 aliphatic rings. The lowest BCUT2D eigenvalue weighted by molar-refractivity contribution is -0.126. The van der Waals surface area contributed by atoms with Gasteiger partial charge in [-0.15, -0.1) is 0 Å². The van der Waals surface area contributed by atoms with Crippen LogP contribution in [0, 0.1) is 17.6 Å². The van der Waals surface area contributed by atoms with E-state index in [4.69, 9.17) is 0 Å². The highest BCUT2D eigenvalue weighted by atomic mass is 32.2. The van der Waals surface area contributed by atoms with E-state index in [1.807, 2.05) is 0 Å². The monoisotopic (exact) mass is 408 g/mol. The van der Waals surface area contributed by atoms with Gasteiger partial charge in [0.2, 0.25) is 15.9 Å². The standard InChI is InChI=1S/C20H22F2N2O3S/c21-17-7-9-18(10-8-17)28(26,27)24-13-3-5-16(14-24)20(25)23-12-11-15-4-1-2-6-19(15)22/h1-2,4,6-10,16H,3,5,11-14H2,(H,23,25). The largest absolute Gasteiger partial charge is 0.355 e. The van der Waals surface area contributed by atoms with Crippen molar-refractivity contribution in [2.75, 3.05) is 19.6 Å². The molecule has 28 heavy (non-hydrogen) atoms. The quantitative estimate of drug-likeness (QED) is 0.799. The summed E-state index contributed by atoms with van der Waals surface area (Å²) in [6.07, 6.45) is 1.51. The Morgan fingerprint density at radius 1 is 1.11 bits per heavy atom. The average molecular weight is 408 g/mol. The van der Waals surface area contributed by atoms with Crippen LogP contribution < -0.4 is 5.32 Å². The zero-order chi connectivity index (χ0) is 20.1. The summed E-state index contributed by atoms with van der Waals surface area (Å²) in [5.74, 6) is -1.53. The highest BCUT2D eigenvalue weighted by Gasteiger charge is 2.33. The van der Waals surface area contributed by atoms with Crippen LogP contribution in [-0.4, -0.2) is 38.3 Å². The van der Waals surface area contributed by atoms with E-state index < -0.39 is 21.8 Å². The third-order valence-electron chi connectivity index (χ3n) is 4.86. The fourth-order valence-electron chi connectivity index (χ4n) is 3.30. The molecule has 1 atom stereocenters. The van der Waals surface area contributed by atoms with Crippen molar-refractivity contribution in [3.63, 3.8) is 0 Å². The molecule has 2 aromatic carbocycles. The molecule has 1 fully saturated rings. The number of nitrogens with zero attached hydrogens (tertiary/aromatic N) is 1. The van der Waals surface area contributed by atoms with Crippen molar-refractivity contribution in [1.29, 1.82) is 0 Å². The summed E-state index contributed by atoms with van der Waals surface area (Å²) in [5.41, 5.74) is 0.520. The minimum Gasteiger partial charge on any atom is -0.355 e. The summed E-state index contributed by atoms with van der Waals surface area (Å²) in [6.45, 7) is 0.672. The van der Waals surface area contributed by atoms with Crippen LogP contribution in [0.2, 0.25) is 0 Å². The van der Waals surface area contributed by atoms with Crippen molar-refractivity contribution in [1.82, 2.24) is 9.62 Å². The summed E-state index contributed by atoms with van der Waals surface area (Å²) >= 11 is 0. The molecule has 0 saturated carbocycles. The number of halogens is 2. The molecule has 1 amide bonds. The van der Waals surface area contributed by atoms with Gasteiger partial charge in [-0.1, -0.05) is 18.2 Å². The number of hydrogen-bond donors (Lipinski definition) is 1. The van der Waals surface area contributed by atoms with Crippen molar-refractivity contribution in [2.45, 2.75) is 24.2 Å². The second-order valence-corrected chi connectivity index (χ2v) is 8.73. The van der Waals surface area contributed by atoms with E-state index in [2.05, 4.69) is 5.32 Å². The Bertz CT molecular complexity index is 933. The summed E-state index contributed by atoms with van der Waals surface area (Å²) in [5, 5.41) is 2.77. The highest BCUT2D eigenvalue weighted by molar-refractivity contribution is 7.89. The lowest BCUT2D eigenvalue weighted by atomic mass is 9.99. The third-order valence-corrected chi connectivity index (χ3v) is 6.74. The van der Waals surface area contributed by atoms with Crippen molar-refractivity contribution < 1.29 is 22.0 Å². The molecule has 5 nitrogen and oxygen atoms in total. The normalized spacial score (nSPS) is 18.0. The molecular formula is C20H22F2N2O3S. The van der Waals surface area contributed by atoms with Gasteiger partial charge in [-0.3, -0.25) is 4.79 Å². The van der Waals surface area contributed by atoms with E-state index >= 15 is 0 Å². The number of nitrogens with one attached hydrogen (secondary N) is 1. The minimum atomic E-state index is -3.78. The van der Waals surface area contributed by atoms with Crippen molar-refractivity contribution >= 4 is 15.9 Å². The maximum atomic E-state index is 13.6. The van der Waals surface area contributed by atoms with Crippen LogP contribution in [-0.2, 0) is 21.2 Å². The number of carbonyl (C=O) groups is 1. The molecule has 0 bridgehead atoms. The first-order valence-electron chi connectivity index (χ1n) is 9.15. The molecule has 1 saturated heterocycles. The molecule has 8 heteroatoms. The summed E-state index contributed by atoms with van der Waals surface area (Å²) in [7, 11) is -3.78. The maximum absolute atomic E-state index is 13.6. The number of sulfonamides is 1. The van der Waals surface area contributed by atoms with Gasteiger partial charge in [0.05, 0.1) is 10.8 Å². The Labute approximate surface area is 163 Å². The minimum absolute atomic E-state index is 0.00881. The van der Waals surface area contributed by atoms with E-state index in [1.54, 1.807) is 18.2 Å². The molecule has 1 unspecified atom stereocenters. The first-order chi connectivity index (χ1) is 13.4. The molecule has 0 aromatic heterocycles. The predicted octanol–water partition coefficient (Wildman–Crippen LogP) is 2.72. The number of rotatable bonds is 6. The summed E-state index contributed by atoms with van der Waals surface area (Å²) in [6, 6.07) is 11.0. The van der Waals surface area contributed by atoms with Crippen LogP contribution in [0.25, 0.3) is 0 Å². The zero-order valence-electron chi connectivity index (χ0n) is 15.3. The molecular weight excluding hydrogens is 386 g/mol. The Morgan fingerprint density at radius 2 is 1.82 bits per heavy atom. The lowest BCUT2D eigenvalue weighted by Gasteiger charge is -2.31. The van der Waals surface area contributed by atoms with Crippen molar-refractivity contribution in [3.05, 3.63) is 65.7 Å². The second-order valence-electron chi connectivity index (χ2n) is 6.79. The molecule has 2 aromatic rings. The number of piperidine rings is 1. The van der Waals surface area contributed by atoms with Gasteiger partial charge >= 0.3 is 0 Å². The van der Waals surface area contributed by atoms with E-state index in [-0.39, 0.29) is 29.7 Å². The van der Waals surface area contributed by atoms with Crippen LogP contribution in [0.3, 0.4) is 0 Å². The first-order valence-corrected chi connectivity index (χ1v) is 10.6. The lowest BCUT2D eigenvalue weighted by Crippen LogP contribution is -2.45. The Balaban J connectivity index is 1.58. The van der Waals surface area contributed by atoms with Crippen molar-refractivity contribution in [3.8, 4) is 0 Å². The summed E-state index contributed by atoms with van der Waals surface area (Å²) in [4.78, 5) is 12.5. The molecule has 3 rings (SSSR count). The van der Waals surface area contributed by atoms with Crippen LogP contribution >= 0.6 is 0 Å². The summed E-state index contributed by atoms with van der Waals surface area (Å²) < 4.78 is 53.4. The molecule has 0 radical (unpaired) electrons. The van der Waals surface area contributed by atoms with E-state index in [0.29, 0.717) is 31.4 Å². The van der Waals surface area contributed by atoms with Gasteiger partial charge in [0.15, 0.2) is 0 Å². The molecule has 1 N–H and O–H groups in total. The zero-order valence-corrected chi connectivity index (χ0v) is 16.1. The fraction of sp³-hybridized carbons (Fsp3) is 0.350.